The summed E-state index contributed by atoms with van der Waals surface area (Å²) in [5.74, 6) is -0.314. The van der Waals surface area contributed by atoms with Crippen molar-refractivity contribution in [1.82, 2.24) is 14.4 Å². The van der Waals surface area contributed by atoms with E-state index >= 15 is 0 Å². The lowest BCUT2D eigenvalue weighted by Crippen LogP contribution is -2.28. The second-order valence-electron chi connectivity index (χ2n) is 6.85. The molecule has 1 fully saturated rings. The first-order valence-electron chi connectivity index (χ1n) is 9.40. The van der Waals surface area contributed by atoms with Crippen LogP contribution in [-0.4, -0.2) is 41.9 Å². The largest absolute Gasteiger partial charge is 0.452 e. The monoisotopic (exact) mass is 481 g/mol. The predicted molar refractivity (Wildman–Crippen MR) is 113 cm³/mol. The van der Waals surface area contributed by atoms with Crippen molar-refractivity contribution in [1.29, 1.82) is 0 Å². The number of esters is 1. The van der Waals surface area contributed by atoms with Crippen molar-refractivity contribution in [3.05, 3.63) is 64.0 Å². The molecule has 0 unspecified atom stereocenters. The van der Waals surface area contributed by atoms with Crippen LogP contribution in [0.25, 0.3) is 11.4 Å². The zero-order valence-electron chi connectivity index (χ0n) is 16.1. The summed E-state index contributed by atoms with van der Waals surface area (Å²) in [4.78, 5) is 16.5. The fraction of sp³-hybridized carbons (Fsp3) is 0.250. The first-order valence-corrected chi connectivity index (χ1v) is 11.6. The number of sulfonamides is 1. The fourth-order valence-corrected chi connectivity index (χ4v) is 5.28. The zero-order chi connectivity index (χ0) is 22.0. The van der Waals surface area contributed by atoms with Gasteiger partial charge >= 0.3 is 5.97 Å². The van der Waals surface area contributed by atoms with Gasteiger partial charge in [0.05, 0.1) is 10.6 Å². The zero-order valence-corrected chi connectivity index (χ0v) is 18.5. The van der Waals surface area contributed by atoms with E-state index in [-0.39, 0.29) is 28.0 Å². The number of halogens is 2. The van der Waals surface area contributed by atoms with E-state index in [9.17, 15) is 13.2 Å². The molecule has 0 saturated carbocycles. The van der Waals surface area contributed by atoms with Crippen LogP contribution in [0, 0.1) is 0 Å². The van der Waals surface area contributed by atoms with E-state index in [4.69, 9.17) is 32.5 Å². The molecule has 0 bridgehead atoms. The summed E-state index contributed by atoms with van der Waals surface area (Å²) in [6.07, 6.45) is 1.58. The summed E-state index contributed by atoms with van der Waals surface area (Å²) in [5, 5.41) is 4.47. The molecule has 4 rings (SSSR count). The van der Waals surface area contributed by atoms with Crippen molar-refractivity contribution in [2.24, 2.45) is 0 Å². The van der Waals surface area contributed by atoms with Gasteiger partial charge in [-0.1, -0.05) is 28.4 Å². The second-order valence-corrected chi connectivity index (χ2v) is 9.60. The van der Waals surface area contributed by atoms with Gasteiger partial charge in [0, 0.05) is 23.7 Å². The number of carbonyl (C=O) groups excluding carboxylic acids is 1. The molecule has 0 N–H and O–H groups in total. The van der Waals surface area contributed by atoms with Gasteiger partial charge in [0.15, 0.2) is 6.61 Å². The molecule has 0 amide bonds. The minimum Gasteiger partial charge on any atom is -0.452 e. The number of nitrogens with zero attached hydrogens (tertiary/aromatic N) is 3. The number of hydrogen-bond acceptors (Lipinski definition) is 7. The molecule has 1 saturated heterocycles. The molecule has 3 aromatic rings. The van der Waals surface area contributed by atoms with Crippen LogP contribution < -0.4 is 0 Å². The first kappa shape index (κ1) is 21.8. The van der Waals surface area contributed by atoms with E-state index < -0.39 is 16.0 Å². The summed E-state index contributed by atoms with van der Waals surface area (Å²) < 4.78 is 37.3. The third-order valence-electron chi connectivity index (χ3n) is 4.75. The molecule has 2 heterocycles. The Kier molecular flexibility index (Phi) is 6.29. The quantitative estimate of drug-likeness (QED) is 0.486. The lowest BCUT2D eigenvalue weighted by molar-refractivity contribution is 0.0429. The Morgan fingerprint density at radius 3 is 2.52 bits per heavy atom. The molecule has 0 aliphatic carbocycles. The van der Waals surface area contributed by atoms with Crippen molar-refractivity contribution >= 4 is 39.2 Å². The maximum Gasteiger partial charge on any atom is 0.338 e. The maximum atomic E-state index is 12.8. The summed E-state index contributed by atoms with van der Waals surface area (Å²) in [7, 11) is -3.78. The van der Waals surface area contributed by atoms with E-state index in [1.165, 1.54) is 22.5 Å². The Morgan fingerprint density at radius 2 is 1.81 bits per heavy atom. The van der Waals surface area contributed by atoms with E-state index in [0.29, 0.717) is 29.5 Å². The standard InChI is InChI=1S/C20H17Cl2N3O5S/c21-15-6-3-13(4-7-15)19-23-18(30-24-19)12-29-20(26)14-5-8-16(22)17(11-14)31(27,28)25-9-1-2-10-25/h3-8,11H,1-2,9-10,12H2. The van der Waals surface area contributed by atoms with Gasteiger partial charge in [0.1, 0.15) is 4.90 Å². The highest BCUT2D eigenvalue weighted by Gasteiger charge is 2.30. The molecule has 2 aromatic carbocycles. The van der Waals surface area contributed by atoms with Crippen LogP contribution in [0.2, 0.25) is 10.0 Å². The molecule has 11 heteroatoms. The van der Waals surface area contributed by atoms with Gasteiger partial charge in [-0.25, -0.2) is 13.2 Å². The normalized spacial score (nSPS) is 14.6. The average Bonchev–Trinajstić information content (AvgIpc) is 3.45. The maximum absolute atomic E-state index is 12.8. The van der Waals surface area contributed by atoms with E-state index in [0.717, 1.165) is 12.8 Å². The number of ether oxygens (including phenoxy) is 1. The second kappa shape index (κ2) is 8.96. The lowest BCUT2D eigenvalue weighted by Gasteiger charge is -2.17. The van der Waals surface area contributed by atoms with Crippen molar-refractivity contribution in [2.45, 2.75) is 24.3 Å². The number of carbonyl (C=O) groups is 1. The highest BCUT2D eigenvalue weighted by Crippen LogP contribution is 2.28. The van der Waals surface area contributed by atoms with Crippen LogP contribution in [0.5, 0.6) is 0 Å². The van der Waals surface area contributed by atoms with Gasteiger partial charge in [-0.2, -0.15) is 9.29 Å². The van der Waals surface area contributed by atoms with E-state index in [1.807, 2.05) is 0 Å². The molecule has 1 aromatic heterocycles. The number of hydrogen-bond donors (Lipinski definition) is 0. The van der Waals surface area contributed by atoms with E-state index in [1.54, 1.807) is 24.3 Å². The molecule has 1 aliphatic heterocycles. The lowest BCUT2D eigenvalue weighted by atomic mass is 10.2. The first-order chi connectivity index (χ1) is 14.8. The van der Waals surface area contributed by atoms with Crippen molar-refractivity contribution < 1.29 is 22.5 Å². The van der Waals surface area contributed by atoms with Crippen molar-refractivity contribution in [3.8, 4) is 11.4 Å². The minimum absolute atomic E-state index is 0.0490. The van der Waals surface area contributed by atoms with Crippen LogP contribution in [0.1, 0.15) is 29.1 Å². The highest BCUT2D eigenvalue weighted by molar-refractivity contribution is 7.89. The summed E-state index contributed by atoms with van der Waals surface area (Å²) in [5.41, 5.74) is 0.750. The van der Waals surface area contributed by atoms with Crippen LogP contribution >= 0.6 is 23.2 Å². The molecular weight excluding hydrogens is 465 g/mol. The Hall–Kier alpha value is -2.46. The van der Waals surface area contributed by atoms with Crippen LogP contribution in [-0.2, 0) is 21.4 Å². The molecule has 1 aliphatic rings. The molecule has 0 atom stereocenters. The molecule has 162 valence electrons. The number of rotatable bonds is 6. The number of aromatic nitrogens is 2. The molecule has 0 spiro atoms. The van der Waals surface area contributed by atoms with Crippen LogP contribution in [0.3, 0.4) is 0 Å². The third-order valence-corrected chi connectivity index (χ3v) is 7.38. The van der Waals surface area contributed by atoms with Gasteiger partial charge in [-0.05, 0) is 55.3 Å². The van der Waals surface area contributed by atoms with Gasteiger partial charge in [0.2, 0.25) is 15.8 Å². The molecule has 0 radical (unpaired) electrons. The van der Waals surface area contributed by atoms with Crippen molar-refractivity contribution in [2.75, 3.05) is 13.1 Å². The minimum atomic E-state index is -3.78. The Balaban J connectivity index is 1.46. The van der Waals surface area contributed by atoms with E-state index in [2.05, 4.69) is 10.1 Å². The Labute approximate surface area is 188 Å². The Bertz CT molecular complexity index is 1210. The smallest absolute Gasteiger partial charge is 0.338 e. The van der Waals surface area contributed by atoms with Gasteiger partial charge in [-0.15, -0.1) is 0 Å². The summed E-state index contributed by atoms with van der Waals surface area (Å²) >= 11 is 12.0. The van der Waals surface area contributed by atoms with Gasteiger partial charge in [0.25, 0.3) is 5.89 Å². The molecule has 8 nitrogen and oxygen atoms in total. The van der Waals surface area contributed by atoms with Gasteiger partial charge in [-0.3, -0.25) is 0 Å². The summed E-state index contributed by atoms with van der Waals surface area (Å²) in [6.45, 7) is 0.594. The molecular formula is C20H17Cl2N3O5S. The predicted octanol–water partition coefficient (Wildman–Crippen LogP) is 4.18. The van der Waals surface area contributed by atoms with Gasteiger partial charge < -0.3 is 9.26 Å². The topological polar surface area (TPSA) is 103 Å². The van der Waals surface area contributed by atoms with Crippen molar-refractivity contribution in [3.63, 3.8) is 0 Å². The SMILES string of the molecule is O=C(OCc1nc(-c2ccc(Cl)cc2)no1)c1ccc(Cl)c(S(=O)(=O)N2CCCC2)c1. The average molecular weight is 482 g/mol. The van der Waals surface area contributed by atoms with Crippen LogP contribution in [0.4, 0.5) is 0 Å². The fourth-order valence-electron chi connectivity index (χ4n) is 3.14. The molecule has 31 heavy (non-hydrogen) atoms. The highest BCUT2D eigenvalue weighted by atomic mass is 35.5. The summed E-state index contributed by atoms with van der Waals surface area (Å²) in [6, 6.07) is 10.9. The number of benzene rings is 2. The van der Waals surface area contributed by atoms with Crippen LogP contribution in [0.15, 0.2) is 51.9 Å². The Morgan fingerprint density at radius 1 is 1.10 bits per heavy atom. The third kappa shape index (κ3) is 4.74.